The van der Waals surface area contributed by atoms with Crippen molar-refractivity contribution in [1.29, 1.82) is 0 Å². The van der Waals surface area contributed by atoms with Gasteiger partial charge in [0.1, 0.15) is 11.8 Å². The van der Waals surface area contributed by atoms with Gasteiger partial charge < -0.3 is 15.2 Å². The van der Waals surface area contributed by atoms with Crippen LogP contribution in [0.25, 0.3) is 0 Å². The van der Waals surface area contributed by atoms with Crippen LogP contribution in [0.3, 0.4) is 0 Å². The number of aryl methyl sites for hydroxylation is 1. The minimum atomic E-state index is -1.01. The number of carboxylic acid groups (broad SMARTS) is 1. The van der Waals surface area contributed by atoms with Gasteiger partial charge in [0.2, 0.25) is 5.91 Å². The van der Waals surface area contributed by atoms with E-state index in [4.69, 9.17) is 9.84 Å². The molecule has 0 radical (unpaired) electrons. The molecule has 5 nitrogen and oxygen atoms in total. The Morgan fingerprint density at radius 3 is 2.65 bits per heavy atom. The number of aliphatic carboxylic acids is 1. The number of carbonyl (C=O) groups is 2. The first-order chi connectivity index (χ1) is 9.47. The summed E-state index contributed by atoms with van der Waals surface area (Å²) >= 11 is 3.38. The molecule has 0 aliphatic carbocycles. The lowest BCUT2D eigenvalue weighted by atomic mass is 10.1. The Balaban J connectivity index is 2.52. The van der Waals surface area contributed by atoms with Gasteiger partial charge >= 0.3 is 5.97 Å². The lowest BCUT2D eigenvalue weighted by molar-refractivity contribution is -0.141. The maximum Gasteiger partial charge on any atom is 0.326 e. The summed E-state index contributed by atoms with van der Waals surface area (Å²) < 4.78 is 5.96. The summed E-state index contributed by atoms with van der Waals surface area (Å²) in [7, 11) is 1.59. The van der Waals surface area contributed by atoms with Crippen molar-refractivity contribution in [2.45, 2.75) is 32.2 Å². The van der Waals surface area contributed by atoms with Gasteiger partial charge in [0.15, 0.2) is 0 Å². The number of carboxylic acids is 1. The predicted molar refractivity (Wildman–Crippen MR) is 78.9 cm³/mol. The maximum absolute atomic E-state index is 11.7. The van der Waals surface area contributed by atoms with Crippen LogP contribution in [-0.2, 0) is 16.0 Å². The van der Waals surface area contributed by atoms with Gasteiger partial charge in [0.05, 0.1) is 11.6 Å². The number of benzene rings is 1. The fraction of sp³-hybridized carbons (Fsp3) is 0.429. The van der Waals surface area contributed by atoms with Crippen molar-refractivity contribution in [2.75, 3.05) is 7.11 Å². The van der Waals surface area contributed by atoms with Crippen LogP contribution in [0.15, 0.2) is 22.7 Å². The quantitative estimate of drug-likeness (QED) is 0.796. The largest absolute Gasteiger partial charge is 0.496 e. The Morgan fingerprint density at radius 1 is 1.45 bits per heavy atom. The molecule has 6 heteroatoms. The van der Waals surface area contributed by atoms with Gasteiger partial charge in [0.25, 0.3) is 0 Å². The van der Waals surface area contributed by atoms with Crippen molar-refractivity contribution in [1.82, 2.24) is 5.32 Å². The van der Waals surface area contributed by atoms with Gasteiger partial charge in [-0.25, -0.2) is 4.79 Å². The molecule has 0 saturated heterocycles. The second-order valence-electron chi connectivity index (χ2n) is 4.34. The van der Waals surface area contributed by atoms with Crippen molar-refractivity contribution in [3.63, 3.8) is 0 Å². The van der Waals surface area contributed by atoms with Gasteiger partial charge in [0, 0.05) is 6.42 Å². The van der Waals surface area contributed by atoms with E-state index in [0.717, 1.165) is 15.8 Å². The Hall–Kier alpha value is -1.56. The summed E-state index contributed by atoms with van der Waals surface area (Å²) in [5, 5.41) is 11.4. The van der Waals surface area contributed by atoms with E-state index in [2.05, 4.69) is 21.2 Å². The summed E-state index contributed by atoms with van der Waals surface area (Å²) in [4.78, 5) is 22.5. The Morgan fingerprint density at radius 2 is 2.15 bits per heavy atom. The highest BCUT2D eigenvalue weighted by Gasteiger charge is 2.17. The van der Waals surface area contributed by atoms with E-state index in [1.807, 2.05) is 18.2 Å². The van der Waals surface area contributed by atoms with Gasteiger partial charge in [-0.3, -0.25) is 4.79 Å². The minimum Gasteiger partial charge on any atom is -0.496 e. The van der Waals surface area contributed by atoms with Crippen molar-refractivity contribution < 1.29 is 19.4 Å². The highest BCUT2D eigenvalue weighted by molar-refractivity contribution is 9.10. The fourth-order valence-corrected chi connectivity index (χ4v) is 2.32. The molecule has 0 aliphatic rings. The number of halogens is 1. The van der Waals surface area contributed by atoms with E-state index in [0.29, 0.717) is 12.8 Å². The van der Waals surface area contributed by atoms with Crippen LogP contribution in [-0.4, -0.2) is 30.1 Å². The van der Waals surface area contributed by atoms with Crippen LogP contribution >= 0.6 is 15.9 Å². The molecule has 0 heterocycles. The Kier molecular flexibility index (Phi) is 6.51. The van der Waals surface area contributed by atoms with Crippen molar-refractivity contribution in [3.8, 4) is 5.75 Å². The number of rotatable bonds is 7. The Bertz CT molecular complexity index is 490. The molecule has 0 fully saturated rings. The molecule has 110 valence electrons. The smallest absolute Gasteiger partial charge is 0.326 e. The lowest BCUT2D eigenvalue weighted by Gasteiger charge is -2.12. The molecule has 0 bridgehead atoms. The zero-order valence-electron chi connectivity index (χ0n) is 11.5. The Labute approximate surface area is 126 Å². The van der Waals surface area contributed by atoms with Crippen molar-refractivity contribution in [3.05, 3.63) is 28.2 Å². The van der Waals surface area contributed by atoms with E-state index < -0.39 is 12.0 Å². The van der Waals surface area contributed by atoms with Crippen LogP contribution in [0.4, 0.5) is 0 Å². The predicted octanol–water partition coefficient (Wildman–Crippen LogP) is 2.37. The van der Waals surface area contributed by atoms with Gasteiger partial charge in [-0.15, -0.1) is 0 Å². The second kappa shape index (κ2) is 7.89. The fourth-order valence-electron chi connectivity index (χ4n) is 1.73. The molecule has 0 saturated carbocycles. The molecular formula is C14H18BrNO4. The van der Waals surface area contributed by atoms with E-state index in [1.54, 1.807) is 14.0 Å². The lowest BCUT2D eigenvalue weighted by Crippen LogP contribution is -2.40. The second-order valence-corrected chi connectivity index (χ2v) is 5.19. The van der Waals surface area contributed by atoms with Crippen molar-refractivity contribution in [2.24, 2.45) is 0 Å². The van der Waals surface area contributed by atoms with Crippen LogP contribution < -0.4 is 10.1 Å². The standard InChI is InChI=1S/C14H18BrNO4/c1-3-11(14(18)19)16-13(17)7-5-9-4-6-12(20-2)10(15)8-9/h4,6,8,11H,3,5,7H2,1-2H3,(H,16,17)(H,18,19). The number of hydrogen-bond acceptors (Lipinski definition) is 3. The molecule has 1 aromatic rings. The first kappa shape index (κ1) is 16.5. The summed E-state index contributed by atoms with van der Waals surface area (Å²) in [6.45, 7) is 1.72. The molecule has 1 atom stereocenters. The highest BCUT2D eigenvalue weighted by atomic mass is 79.9. The number of hydrogen-bond donors (Lipinski definition) is 2. The molecular weight excluding hydrogens is 326 g/mol. The first-order valence-corrected chi connectivity index (χ1v) is 7.11. The maximum atomic E-state index is 11.7. The van der Waals surface area contributed by atoms with Crippen LogP contribution in [0, 0.1) is 0 Å². The molecule has 0 spiro atoms. The molecule has 1 amide bonds. The number of ether oxygens (including phenoxy) is 1. The molecule has 20 heavy (non-hydrogen) atoms. The SMILES string of the molecule is CCC(NC(=O)CCc1ccc(OC)c(Br)c1)C(=O)O. The zero-order chi connectivity index (χ0) is 15.1. The normalized spacial score (nSPS) is 11.8. The number of methoxy groups -OCH3 is 1. The summed E-state index contributed by atoms with van der Waals surface area (Å²) in [6, 6.07) is 4.78. The zero-order valence-corrected chi connectivity index (χ0v) is 13.1. The summed E-state index contributed by atoms with van der Waals surface area (Å²) in [5.41, 5.74) is 0.983. The number of carbonyl (C=O) groups excluding carboxylic acids is 1. The monoisotopic (exact) mass is 343 g/mol. The van der Waals surface area contributed by atoms with E-state index in [-0.39, 0.29) is 12.3 Å². The van der Waals surface area contributed by atoms with Crippen LogP contribution in [0.2, 0.25) is 0 Å². The van der Waals surface area contributed by atoms with Crippen LogP contribution in [0.1, 0.15) is 25.3 Å². The number of amides is 1. The van der Waals surface area contributed by atoms with Gasteiger partial charge in [-0.05, 0) is 46.5 Å². The average molecular weight is 344 g/mol. The van der Waals surface area contributed by atoms with Crippen LogP contribution in [0.5, 0.6) is 5.75 Å². The topological polar surface area (TPSA) is 75.6 Å². The van der Waals surface area contributed by atoms with E-state index in [9.17, 15) is 9.59 Å². The van der Waals surface area contributed by atoms with Crippen molar-refractivity contribution >= 4 is 27.8 Å². The van der Waals surface area contributed by atoms with Gasteiger partial charge in [-0.2, -0.15) is 0 Å². The first-order valence-electron chi connectivity index (χ1n) is 6.32. The van der Waals surface area contributed by atoms with Gasteiger partial charge in [-0.1, -0.05) is 13.0 Å². The molecule has 1 rings (SSSR count). The summed E-state index contributed by atoms with van der Waals surface area (Å²) in [6.07, 6.45) is 1.17. The average Bonchev–Trinajstić information content (AvgIpc) is 2.42. The summed E-state index contributed by atoms with van der Waals surface area (Å²) in [5.74, 6) is -0.533. The van der Waals surface area contributed by atoms with E-state index in [1.165, 1.54) is 0 Å². The molecule has 0 aromatic heterocycles. The molecule has 1 unspecified atom stereocenters. The third-order valence-electron chi connectivity index (χ3n) is 2.90. The highest BCUT2D eigenvalue weighted by Crippen LogP contribution is 2.25. The van der Waals surface area contributed by atoms with E-state index >= 15 is 0 Å². The number of nitrogens with one attached hydrogen (secondary N) is 1. The molecule has 2 N–H and O–H groups in total. The third-order valence-corrected chi connectivity index (χ3v) is 3.52. The minimum absolute atomic E-state index is 0.253. The third kappa shape index (κ3) is 4.85. The molecule has 0 aliphatic heterocycles. The molecule has 1 aromatic carbocycles.